The Morgan fingerprint density at radius 2 is 1.94 bits per heavy atom. The zero-order valence-electron chi connectivity index (χ0n) is 9.63. The Morgan fingerprint density at radius 1 is 1.19 bits per heavy atom. The van der Waals surface area contributed by atoms with E-state index in [1.54, 1.807) is 6.33 Å². The molecule has 0 spiro atoms. The lowest BCUT2D eigenvalue weighted by Gasteiger charge is -2.09. The van der Waals surface area contributed by atoms with Gasteiger partial charge in [-0.05, 0) is 37.5 Å². The number of nitriles is 1. The largest absolute Gasteiger partial charge is 0.343 e. The number of rotatable bonds is 1. The molecule has 2 rings (SSSR count). The lowest BCUT2D eigenvalue weighted by atomic mass is 9.96. The normalized spacial score (nSPS) is 10.1. The van der Waals surface area contributed by atoms with Crippen molar-refractivity contribution in [3.63, 3.8) is 0 Å². The number of nitrogens with zero attached hydrogens (tertiary/aromatic N) is 2. The second kappa shape index (κ2) is 3.82. The fourth-order valence-electron chi connectivity index (χ4n) is 1.81. The molecule has 0 aliphatic carbocycles. The molecular weight excluding hydrogens is 198 g/mol. The van der Waals surface area contributed by atoms with Crippen LogP contribution in [-0.4, -0.2) is 9.97 Å². The molecule has 1 heterocycles. The van der Waals surface area contributed by atoms with Gasteiger partial charge in [0.05, 0.1) is 12.0 Å². The first-order valence-corrected chi connectivity index (χ1v) is 5.15. The van der Waals surface area contributed by atoms with E-state index in [2.05, 4.69) is 42.9 Å². The molecule has 3 heteroatoms. The van der Waals surface area contributed by atoms with Crippen molar-refractivity contribution < 1.29 is 0 Å². The lowest BCUT2D eigenvalue weighted by molar-refractivity contribution is 1.25. The number of benzene rings is 1. The van der Waals surface area contributed by atoms with Crippen LogP contribution in [0.2, 0.25) is 0 Å². The van der Waals surface area contributed by atoms with Gasteiger partial charge < -0.3 is 4.98 Å². The van der Waals surface area contributed by atoms with Gasteiger partial charge in [0.2, 0.25) is 0 Å². The van der Waals surface area contributed by atoms with Gasteiger partial charge in [-0.25, -0.2) is 4.98 Å². The minimum Gasteiger partial charge on any atom is -0.343 e. The molecule has 0 unspecified atom stereocenters. The quantitative estimate of drug-likeness (QED) is 0.788. The number of imidazole rings is 1. The Labute approximate surface area is 94.8 Å². The first-order valence-electron chi connectivity index (χ1n) is 5.15. The monoisotopic (exact) mass is 211 g/mol. The Balaban J connectivity index is 2.67. The van der Waals surface area contributed by atoms with Crippen molar-refractivity contribution in [2.24, 2.45) is 0 Å². The Kier molecular flexibility index (Phi) is 2.49. The molecule has 0 saturated heterocycles. The van der Waals surface area contributed by atoms with Crippen LogP contribution in [0.25, 0.3) is 11.3 Å². The summed E-state index contributed by atoms with van der Waals surface area (Å²) in [6, 6.07) is 6.20. The standard InChI is InChI=1S/C13H13N3/c1-8-4-5-11(10(3)9(8)2)13-12(6-14)15-7-16-13/h4-5,7H,1-3H3,(H,15,16). The molecule has 2 aromatic rings. The third-order valence-electron chi connectivity index (χ3n) is 3.07. The van der Waals surface area contributed by atoms with Crippen molar-refractivity contribution >= 4 is 0 Å². The van der Waals surface area contributed by atoms with Crippen LogP contribution in [0.1, 0.15) is 22.4 Å². The zero-order chi connectivity index (χ0) is 11.7. The van der Waals surface area contributed by atoms with Crippen molar-refractivity contribution in [1.82, 2.24) is 9.97 Å². The van der Waals surface area contributed by atoms with Crippen molar-refractivity contribution in [2.75, 3.05) is 0 Å². The third-order valence-corrected chi connectivity index (χ3v) is 3.07. The highest BCUT2D eigenvalue weighted by molar-refractivity contribution is 5.69. The van der Waals surface area contributed by atoms with Crippen LogP contribution in [0.15, 0.2) is 18.5 Å². The van der Waals surface area contributed by atoms with Gasteiger partial charge in [0, 0.05) is 5.56 Å². The van der Waals surface area contributed by atoms with Gasteiger partial charge in [0.1, 0.15) is 6.07 Å². The molecular formula is C13H13N3. The maximum Gasteiger partial charge on any atom is 0.166 e. The zero-order valence-corrected chi connectivity index (χ0v) is 9.63. The maximum atomic E-state index is 8.95. The van der Waals surface area contributed by atoms with Crippen LogP contribution in [0.5, 0.6) is 0 Å². The van der Waals surface area contributed by atoms with Crippen LogP contribution in [0.4, 0.5) is 0 Å². The van der Waals surface area contributed by atoms with Gasteiger partial charge in [-0.2, -0.15) is 5.26 Å². The molecule has 0 bridgehead atoms. The number of hydrogen-bond acceptors (Lipinski definition) is 2. The smallest absolute Gasteiger partial charge is 0.166 e. The highest BCUT2D eigenvalue weighted by atomic mass is 14.9. The van der Waals surface area contributed by atoms with Crippen molar-refractivity contribution in [3.8, 4) is 17.3 Å². The molecule has 0 aliphatic heterocycles. The first-order chi connectivity index (χ1) is 7.65. The molecule has 0 atom stereocenters. The first kappa shape index (κ1) is 10.4. The summed E-state index contributed by atoms with van der Waals surface area (Å²) in [6.45, 7) is 6.25. The average Bonchev–Trinajstić information content (AvgIpc) is 2.74. The molecule has 0 fully saturated rings. The number of aromatic nitrogens is 2. The van der Waals surface area contributed by atoms with Crippen LogP contribution in [0.3, 0.4) is 0 Å². The van der Waals surface area contributed by atoms with Gasteiger partial charge in [-0.15, -0.1) is 0 Å². The number of H-pyrrole nitrogens is 1. The van der Waals surface area contributed by atoms with Crippen LogP contribution >= 0.6 is 0 Å². The summed E-state index contributed by atoms with van der Waals surface area (Å²) < 4.78 is 0. The van der Waals surface area contributed by atoms with E-state index in [9.17, 15) is 0 Å². The second-order valence-electron chi connectivity index (χ2n) is 3.92. The summed E-state index contributed by atoms with van der Waals surface area (Å²) in [5.74, 6) is 0. The summed E-state index contributed by atoms with van der Waals surface area (Å²) in [4.78, 5) is 7.01. The summed E-state index contributed by atoms with van der Waals surface area (Å²) in [5, 5.41) is 8.95. The molecule has 1 aromatic carbocycles. The molecule has 80 valence electrons. The van der Waals surface area contributed by atoms with Gasteiger partial charge in [-0.1, -0.05) is 12.1 Å². The molecule has 3 nitrogen and oxygen atoms in total. The molecule has 1 aromatic heterocycles. The number of hydrogen-bond donors (Lipinski definition) is 1. The number of aryl methyl sites for hydroxylation is 1. The Morgan fingerprint density at radius 3 is 2.62 bits per heavy atom. The molecule has 0 radical (unpaired) electrons. The summed E-state index contributed by atoms with van der Waals surface area (Å²) in [6.07, 6.45) is 1.56. The highest BCUT2D eigenvalue weighted by Gasteiger charge is 2.11. The Bertz CT molecular complexity index is 573. The average molecular weight is 211 g/mol. The van der Waals surface area contributed by atoms with E-state index in [1.807, 2.05) is 6.07 Å². The van der Waals surface area contributed by atoms with E-state index in [0.29, 0.717) is 5.69 Å². The molecule has 0 saturated carbocycles. The summed E-state index contributed by atoms with van der Waals surface area (Å²) in [7, 11) is 0. The number of nitrogens with one attached hydrogen (secondary N) is 1. The third kappa shape index (κ3) is 1.49. The predicted molar refractivity (Wildman–Crippen MR) is 62.9 cm³/mol. The minimum absolute atomic E-state index is 0.450. The van der Waals surface area contributed by atoms with Crippen molar-refractivity contribution in [1.29, 1.82) is 5.26 Å². The molecule has 0 amide bonds. The highest BCUT2D eigenvalue weighted by Crippen LogP contribution is 2.27. The summed E-state index contributed by atoms with van der Waals surface area (Å²) >= 11 is 0. The lowest BCUT2D eigenvalue weighted by Crippen LogP contribution is -1.92. The molecule has 0 aliphatic rings. The topological polar surface area (TPSA) is 52.5 Å². The minimum atomic E-state index is 0.450. The fourth-order valence-corrected chi connectivity index (χ4v) is 1.81. The van der Waals surface area contributed by atoms with E-state index in [4.69, 9.17) is 5.26 Å². The van der Waals surface area contributed by atoms with E-state index >= 15 is 0 Å². The van der Waals surface area contributed by atoms with Gasteiger partial charge in [0.25, 0.3) is 0 Å². The molecule has 16 heavy (non-hydrogen) atoms. The van der Waals surface area contributed by atoms with E-state index in [-0.39, 0.29) is 0 Å². The SMILES string of the molecule is Cc1ccc(-c2[nH]cnc2C#N)c(C)c1C. The predicted octanol–water partition coefficient (Wildman–Crippen LogP) is 2.87. The Hall–Kier alpha value is -2.08. The van der Waals surface area contributed by atoms with Crippen LogP contribution < -0.4 is 0 Å². The van der Waals surface area contributed by atoms with Gasteiger partial charge >= 0.3 is 0 Å². The van der Waals surface area contributed by atoms with Crippen molar-refractivity contribution in [3.05, 3.63) is 40.8 Å². The second-order valence-corrected chi connectivity index (χ2v) is 3.92. The summed E-state index contributed by atoms with van der Waals surface area (Å²) in [5.41, 5.74) is 6.03. The van der Waals surface area contributed by atoms with Gasteiger partial charge in [-0.3, -0.25) is 0 Å². The van der Waals surface area contributed by atoms with E-state index in [1.165, 1.54) is 16.7 Å². The fraction of sp³-hybridized carbons (Fsp3) is 0.231. The maximum absolute atomic E-state index is 8.95. The van der Waals surface area contributed by atoms with Crippen LogP contribution in [0, 0.1) is 32.1 Å². The van der Waals surface area contributed by atoms with E-state index in [0.717, 1.165) is 11.3 Å². The van der Waals surface area contributed by atoms with Crippen molar-refractivity contribution in [2.45, 2.75) is 20.8 Å². The molecule has 1 N–H and O–H groups in total. The van der Waals surface area contributed by atoms with E-state index < -0.39 is 0 Å². The van der Waals surface area contributed by atoms with Crippen LogP contribution in [-0.2, 0) is 0 Å². The number of aromatic amines is 1. The van der Waals surface area contributed by atoms with Gasteiger partial charge in [0.15, 0.2) is 5.69 Å².